The Bertz CT molecular complexity index is 698. The molecule has 7 heteroatoms. The third-order valence-electron chi connectivity index (χ3n) is 3.59. The SMILES string of the molecule is CCNC(=NCc1ccnc(OC)c1)N(C)Cc1cc(Br)cn1C. The smallest absolute Gasteiger partial charge is 0.213 e. The first-order valence-corrected chi connectivity index (χ1v) is 8.62. The van der Waals surface area contributed by atoms with Gasteiger partial charge < -0.3 is 19.5 Å². The molecule has 2 aromatic rings. The molecule has 0 aliphatic carbocycles. The molecule has 0 fully saturated rings. The topological polar surface area (TPSA) is 54.7 Å². The van der Waals surface area contributed by atoms with Crippen LogP contribution in [0.25, 0.3) is 0 Å². The number of nitrogens with zero attached hydrogens (tertiary/aromatic N) is 4. The van der Waals surface area contributed by atoms with Gasteiger partial charge >= 0.3 is 0 Å². The Morgan fingerprint density at radius 1 is 1.46 bits per heavy atom. The molecule has 24 heavy (non-hydrogen) atoms. The van der Waals surface area contributed by atoms with Crippen molar-refractivity contribution in [3.8, 4) is 5.88 Å². The molecule has 0 saturated heterocycles. The fourth-order valence-corrected chi connectivity index (χ4v) is 2.91. The second kappa shape index (κ2) is 8.73. The average molecular weight is 394 g/mol. The number of rotatable bonds is 6. The van der Waals surface area contributed by atoms with Gasteiger partial charge in [-0.3, -0.25) is 0 Å². The third kappa shape index (κ3) is 4.99. The first-order valence-electron chi connectivity index (χ1n) is 7.82. The maximum Gasteiger partial charge on any atom is 0.213 e. The van der Waals surface area contributed by atoms with Crippen molar-refractivity contribution in [1.29, 1.82) is 0 Å². The van der Waals surface area contributed by atoms with Crippen LogP contribution in [-0.2, 0) is 20.1 Å². The highest BCUT2D eigenvalue weighted by molar-refractivity contribution is 9.10. The van der Waals surface area contributed by atoms with Crippen molar-refractivity contribution in [1.82, 2.24) is 19.8 Å². The third-order valence-corrected chi connectivity index (χ3v) is 4.02. The predicted octanol–water partition coefficient (Wildman–Crippen LogP) is 2.79. The summed E-state index contributed by atoms with van der Waals surface area (Å²) in [6.07, 6.45) is 3.79. The van der Waals surface area contributed by atoms with E-state index >= 15 is 0 Å². The maximum absolute atomic E-state index is 5.16. The largest absolute Gasteiger partial charge is 0.481 e. The number of methoxy groups -OCH3 is 1. The number of guanidine groups is 1. The van der Waals surface area contributed by atoms with Gasteiger partial charge in [0.15, 0.2) is 5.96 Å². The first-order chi connectivity index (χ1) is 11.5. The van der Waals surface area contributed by atoms with Crippen LogP contribution in [0.15, 0.2) is 40.1 Å². The summed E-state index contributed by atoms with van der Waals surface area (Å²) in [6, 6.07) is 5.97. The molecule has 0 bridgehead atoms. The van der Waals surface area contributed by atoms with Crippen molar-refractivity contribution in [3.63, 3.8) is 0 Å². The monoisotopic (exact) mass is 393 g/mol. The normalized spacial score (nSPS) is 11.5. The van der Waals surface area contributed by atoms with E-state index in [0.29, 0.717) is 12.4 Å². The summed E-state index contributed by atoms with van der Waals surface area (Å²) in [7, 11) is 5.70. The van der Waals surface area contributed by atoms with E-state index in [1.807, 2.05) is 26.2 Å². The molecule has 0 aromatic carbocycles. The van der Waals surface area contributed by atoms with Gasteiger partial charge in [-0.1, -0.05) is 0 Å². The fourth-order valence-electron chi connectivity index (χ4n) is 2.34. The van der Waals surface area contributed by atoms with Crippen LogP contribution in [0.2, 0.25) is 0 Å². The lowest BCUT2D eigenvalue weighted by atomic mass is 10.3. The molecule has 0 amide bonds. The molecule has 2 rings (SSSR count). The summed E-state index contributed by atoms with van der Waals surface area (Å²) in [4.78, 5) is 11.0. The van der Waals surface area contributed by atoms with E-state index in [-0.39, 0.29) is 0 Å². The van der Waals surface area contributed by atoms with E-state index in [1.54, 1.807) is 13.3 Å². The molecule has 0 radical (unpaired) electrons. The lowest BCUT2D eigenvalue weighted by Crippen LogP contribution is -2.38. The Hall–Kier alpha value is -2.02. The van der Waals surface area contributed by atoms with Crippen LogP contribution in [-0.4, -0.2) is 41.1 Å². The summed E-state index contributed by atoms with van der Waals surface area (Å²) in [5.74, 6) is 1.47. The van der Waals surface area contributed by atoms with Gasteiger partial charge in [-0.25, -0.2) is 9.98 Å². The highest BCUT2D eigenvalue weighted by Crippen LogP contribution is 2.15. The zero-order valence-electron chi connectivity index (χ0n) is 14.6. The number of aryl methyl sites for hydroxylation is 1. The quantitative estimate of drug-likeness (QED) is 0.605. The van der Waals surface area contributed by atoms with Gasteiger partial charge in [0.25, 0.3) is 0 Å². The van der Waals surface area contributed by atoms with Gasteiger partial charge in [0.2, 0.25) is 5.88 Å². The molecule has 1 N–H and O–H groups in total. The van der Waals surface area contributed by atoms with Crippen molar-refractivity contribution in [3.05, 3.63) is 46.3 Å². The van der Waals surface area contributed by atoms with Crippen LogP contribution < -0.4 is 10.1 Å². The molecule has 0 aliphatic heterocycles. The molecule has 6 nitrogen and oxygen atoms in total. The van der Waals surface area contributed by atoms with Crippen LogP contribution in [0.5, 0.6) is 5.88 Å². The summed E-state index contributed by atoms with van der Waals surface area (Å²) < 4.78 is 8.35. The van der Waals surface area contributed by atoms with Crippen molar-refractivity contribution in [2.45, 2.75) is 20.0 Å². The summed E-state index contributed by atoms with van der Waals surface area (Å²) in [5, 5.41) is 3.34. The number of hydrogen-bond acceptors (Lipinski definition) is 3. The standard InChI is InChI=1S/C17H24BrN5O/c1-5-19-17(21-10-13-6-7-20-16(8-13)24-4)23(3)12-15-9-14(18)11-22(15)2/h6-9,11H,5,10,12H2,1-4H3,(H,19,21). The Balaban J connectivity index is 2.10. The minimum absolute atomic E-state index is 0.572. The lowest BCUT2D eigenvalue weighted by Gasteiger charge is -2.22. The van der Waals surface area contributed by atoms with Crippen molar-refractivity contribution >= 4 is 21.9 Å². The molecular formula is C17H24BrN5O. The number of nitrogens with one attached hydrogen (secondary N) is 1. The number of pyridine rings is 1. The second-order valence-corrected chi connectivity index (χ2v) is 6.41. The number of ether oxygens (including phenoxy) is 1. The number of hydrogen-bond donors (Lipinski definition) is 1. The first kappa shape index (κ1) is 18.3. The zero-order chi connectivity index (χ0) is 17.5. The Morgan fingerprint density at radius 2 is 2.25 bits per heavy atom. The van der Waals surface area contributed by atoms with Crippen LogP contribution in [0.1, 0.15) is 18.2 Å². The van der Waals surface area contributed by atoms with Gasteiger partial charge in [-0.15, -0.1) is 0 Å². The molecular weight excluding hydrogens is 370 g/mol. The van der Waals surface area contributed by atoms with E-state index in [0.717, 1.165) is 29.1 Å². The molecule has 2 aromatic heterocycles. The Kier molecular flexibility index (Phi) is 6.66. The molecule has 0 atom stereocenters. The minimum atomic E-state index is 0.572. The van der Waals surface area contributed by atoms with Gasteiger partial charge in [0.05, 0.1) is 20.2 Å². The van der Waals surface area contributed by atoms with Crippen molar-refractivity contribution < 1.29 is 4.74 Å². The van der Waals surface area contributed by atoms with Crippen molar-refractivity contribution in [2.24, 2.45) is 12.0 Å². The van der Waals surface area contributed by atoms with Gasteiger partial charge in [0.1, 0.15) is 0 Å². The summed E-state index contributed by atoms with van der Waals surface area (Å²) in [6.45, 7) is 4.23. The molecule has 2 heterocycles. The number of aliphatic imine (C=N–C) groups is 1. The summed E-state index contributed by atoms with van der Waals surface area (Å²) in [5.41, 5.74) is 2.27. The highest BCUT2D eigenvalue weighted by Gasteiger charge is 2.09. The van der Waals surface area contributed by atoms with E-state index in [2.05, 4.69) is 54.9 Å². The molecule has 0 spiro atoms. The van der Waals surface area contributed by atoms with Gasteiger partial charge in [0, 0.05) is 49.3 Å². The minimum Gasteiger partial charge on any atom is -0.481 e. The maximum atomic E-state index is 5.16. The van der Waals surface area contributed by atoms with Crippen LogP contribution in [0.3, 0.4) is 0 Å². The Morgan fingerprint density at radius 3 is 2.88 bits per heavy atom. The zero-order valence-corrected chi connectivity index (χ0v) is 16.2. The fraction of sp³-hybridized carbons (Fsp3) is 0.412. The lowest BCUT2D eigenvalue weighted by molar-refractivity contribution is 0.397. The molecule has 130 valence electrons. The van der Waals surface area contributed by atoms with Gasteiger partial charge in [-0.2, -0.15) is 0 Å². The van der Waals surface area contributed by atoms with E-state index in [1.165, 1.54) is 5.69 Å². The highest BCUT2D eigenvalue weighted by atomic mass is 79.9. The Labute approximate surface area is 151 Å². The molecule has 0 saturated carbocycles. The number of halogens is 1. The summed E-state index contributed by atoms with van der Waals surface area (Å²) >= 11 is 3.51. The van der Waals surface area contributed by atoms with Crippen LogP contribution in [0.4, 0.5) is 0 Å². The average Bonchev–Trinajstić information content (AvgIpc) is 2.88. The van der Waals surface area contributed by atoms with Crippen molar-refractivity contribution in [2.75, 3.05) is 20.7 Å². The van der Waals surface area contributed by atoms with Crippen LogP contribution >= 0.6 is 15.9 Å². The van der Waals surface area contributed by atoms with E-state index in [4.69, 9.17) is 9.73 Å². The van der Waals surface area contributed by atoms with E-state index < -0.39 is 0 Å². The molecule has 0 aliphatic rings. The van der Waals surface area contributed by atoms with Crippen LogP contribution in [0, 0.1) is 0 Å². The van der Waals surface area contributed by atoms with E-state index in [9.17, 15) is 0 Å². The van der Waals surface area contributed by atoms with Gasteiger partial charge in [-0.05, 0) is 40.5 Å². The molecule has 0 unspecified atom stereocenters. The predicted molar refractivity (Wildman–Crippen MR) is 100 cm³/mol. The second-order valence-electron chi connectivity index (χ2n) is 5.49. The number of aromatic nitrogens is 2.